The Labute approximate surface area is 105 Å². The Balaban J connectivity index is 2.91. The Morgan fingerprint density at radius 3 is 2.18 bits per heavy atom. The van der Waals surface area contributed by atoms with Gasteiger partial charge in [-0.2, -0.15) is 0 Å². The molecule has 0 aromatic rings. The molecule has 0 heterocycles. The monoisotopic (exact) mass is 236 g/mol. The number of methoxy groups -OCH3 is 1. The van der Waals surface area contributed by atoms with Crippen LogP contribution in [0.1, 0.15) is 34.1 Å². The van der Waals surface area contributed by atoms with E-state index in [1.54, 1.807) is 0 Å². The second-order valence-electron chi connectivity index (χ2n) is 5.91. The van der Waals surface area contributed by atoms with Gasteiger partial charge >= 0.3 is 5.97 Å². The fraction of sp³-hybridized carbons (Fsp3) is 0.667. The molecule has 0 saturated heterocycles. The number of allylic oxidation sites excluding steroid dienone is 1. The molecule has 2 nitrogen and oxygen atoms in total. The summed E-state index contributed by atoms with van der Waals surface area (Å²) in [6, 6.07) is 0. The maximum absolute atomic E-state index is 11.8. The molecule has 1 rings (SSSR count). The normalized spacial score (nSPS) is 27.8. The van der Waals surface area contributed by atoms with Gasteiger partial charge < -0.3 is 4.74 Å². The topological polar surface area (TPSA) is 26.3 Å². The van der Waals surface area contributed by atoms with Gasteiger partial charge in [0.15, 0.2) is 0 Å². The van der Waals surface area contributed by atoms with Crippen molar-refractivity contribution in [2.24, 2.45) is 23.2 Å². The van der Waals surface area contributed by atoms with E-state index in [0.29, 0.717) is 11.8 Å². The van der Waals surface area contributed by atoms with Gasteiger partial charge in [-0.15, -0.1) is 0 Å². The highest BCUT2D eigenvalue weighted by Gasteiger charge is 2.53. The number of rotatable bonds is 4. The van der Waals surface area contributed by atoms with Crippen molar-refractivity contribution in [1.29, 1.82) is 0 Å². The first-order chi connectivity index (χ1) is 7.73. The number of carbonyl (C=O) groups is 1. The number of carbonyl (C=O) groups excluding carboxylic acids is 1. The van der Waals surface area contributed by atoms with Crippen molar-refractivity contribution in [2.75, 3.05) is 7.11 Å². The lowest BCUT2D eigenvalue weighted by atomic mass is 9.49. The summed E-state index contributed by atoms with van der Waals surface area (Å²) in [5.41, 5.74) is 2.20. The van der Waals surface area contributed by atoms with Crippen molar-refractivity contribution in [3.05, 3.63) is 24.3 Å². The van der Waals surface area contributed by atoms with E-state index in [2.05, 4.69) is 33.9 Å². The lowest BCUT2D eigenvalue weighted by Crippen LogP contribution is -2.51. The molecular weight excluding hydrogens is 212 g/mol. The van der Waals surface area contributed by atoms with Gasteiger partial charge in [0, 0.05) is 0 Å². The molecule has 0 radical (unpaired) electrons. The summed E-state index contributed by atoms with van der Waals surface area (Å²) in [5.74, 6) is 0.481. The van der Waals surface area contributed by atoms with Crippen LogP contribution in [-0.2, 0) is 9.53 Å². The van der Waals surface area contributed by atoms with E-state index >= 15 is 0 Å². The van der Waals surface area contributed by atoms with Crippen LogP contribution in [0.25, 0.3) is 0 Å². The zero-order valence-electron chi connectivity index (χ0n) is 11.7. The molecule has 96 valence electrons. The van der Waals surface area contributed by atoms with Gasteiger partial charge in [0.25, 0.3) is 0 Å². The second-order valence-corrected chi connectivity index (χ2v) is 5.91. The molecule has 0 bridgehead atoms. The third-order valence-corrected chi connectivity index (χ3v) is 4.33. The highest BCUT2D eigenvalue weighted by Crippen LogP contribution is 2.58. The Morgan fingerprint density at radius 2 is 1.88 bits per heavy atom. The maximum Gasteiger partial charge on any atom is 0.313 e. The van der Waals surface area contributed by atoms with Crippen molar-refractivity contribution >= 4 is 5.97 Å². The maximum atomic E-state index is 11.8. The first-order valence-electron chi connectivity index (χ1n) is 6.12. The van der Waals surface area contributed by atoms with Gasteiger partial charge in [-0.05, 0) is 37.5 Å². The molecule has 0 amide bonds. The van der Waals surface area contributed by atoms with E-state index < -0.39 is 0 Å². The van der Waals surface area contributed by atoms with Gasteiger partial charge in [0.1, 0.15) is 0 Å². The minimum Gasteiger partial charge on any atom is -0.469 e. The van der Waals surface area contributed by atoms with Crippen molar-refractivity contribution < 1.29 is 9.53 Å². The quantitative estimate of drug-likeness (QED) is 0.551. The Kier molecular flexibility index (Phi) is 3.85. The third kappa shape index (κ3) is 2.31. The molecule has 1 saturated carbocycles. The number of esters is 1. The van der Waals surface area contributed by atoms with Gasteiger partial charge in [-0.3, -0.25) is 4.79 Å². The van der Waals surface area contributed by atoms with E-state index in [1.165, 1.54) is 12.7 Å². The smallest absolute Gasteiger partial charge is 0.313 e. The Morgan fingerprint density at radius 1 is 1.35 bits per heavy atom. The lowest BCUT2D eigenvalue weighted by molar-refractivity contribution is -0.152. The van der Waals surface area contributed by atoms with Gasteiger partial charge in [0.2, 0.25) is 0 Å². The van der Waals surface area contributed by atoms with Crippen molar-refractivity contribution in [1.82, 2.24) is 0 Å². The molecular formula is C15H24O2. The van der Waals surface area contributed by atoms with E-state index in [1.807, 2.05) is 6.92 Å². The van der Waals surface area contributed by atoms with Crippen LogP contribution in [0.5, 0.6) is 0 Å². The molecule has 1 aliphatic rings. The van der Waals surface area contributed by atoms with Crippen LogP contribution in [0.2, 0.25) is 0 Å². The van der Waals surface area contributed by atoms with Gasteiger partial charge in [-0.25, -0.2) is 0 Å². The number of ether oxygens (including phenoxy) is 1. The summed E-state index contributed by atoms with van der Waals surface area (Å²) >= 11 is 0. The first kappa shape index (κ1) is 14.0. The van der Waals surface area contributed by atoms with Crippen LogP contribution in [0.15, 0.2) is 24.3 Å². The number of hydrogen-bond donors (Lipinski definition) is 0. The molecule has 1 fully saturated rings. The molecule has 1 aliphatic carbocycles. The molecule has 2 heteroatoms. The van der Waals surface area contributed by atoms with Crippen LogP contribution in [-0.4, -0.2) is 13.1 Å². The minimum atomic E-state index is -0.175. The fourth-order valence-corrected chi connectivity index (χ4v) is 3.20. The predicted molar refractivity (Wildman–Crippen MR) is 70.5 cm³/mol. The molecule has 0 spiro atoms. The molecule has 0 N–H and O–H groups in total. The van der Waals surface area contributed by atoms with Crippen molar-refractivity contribution in [2.45, 2.75) is 34.1 Å². The summed E-state index contributed by atoms with van der Waals surface area (Å²) in [4.78, 5) is 11.8. The molecule has 0 aromatic heterocycles. The SMILES string of the molecule is C=C(C)C(C(=O)OC)C1CC(C(=C)C)C1(C)C. The lowest BCUT2D eigenvalue weighted by Gasteiger charge is -2.55. The predicted octanol–water partition coefficient (Wildman–Crippen LogP) is 3.59. The van der Waals surface area contributed by atoms with E-state index in [-0.39, 0.29) is 17.3 Å². The summed E-state index contributed by atoms with van der Waals surface area (Å²) in [5, 5.41) is 0. The largest absolute Gasteiger partial charge is 0.469 e. The Bertz CT molecular complexity index is 352. The van der Waals surface area contributed by atoms with E-state index in [9.17, 15) is 4.79 Å². The summed E-state index contributed by atoms with van der Waals surface area (Å²) in [6.45, 7) is 16.4. The van der Waals surface area contributed by atoms with E-state index in [0.717, 1.165) is 12.0 Å². The second kappa shape index (κ2) is 4.67. The van der Waals surface area contributed by atoms with Crippen LogP contribution in [0.3, 0.4) is 0 Å². The van der Waals surface area contributed by atoms with E-state index in [4.69, 9.17) is 4.74 Å². The summed E-state index contributed by atoms with van der Waals surface area (Å²) in [7, 11) is 1.44. The third-order valence-electron chi connectivity index (χ3n) is 4.33. The van der Waals surface area contributed by atoms with Crippen LogP contribution in [0, 0.1) is 23.2 Å². The molecule has 17 heavy (non-hydrogen) atoms. The summed E-state index contributed by atoms with van der Waals surface area (Å²) < 4.78 is 4.90. The average Bonchev–Trinajstić information content (AvgIpc) is 2.21. The molecule has 3 unspecified atom stereocenters. The van der Waals surface area contributed by atoms with Gasteiger partial charge in [-0.1, -0.05) is 38.2 Å². The van der Waals surface area contributed by atoms with Crippen LogP contribution >= 0.6 is 0 Å². The van der Waals surface area contributed by atoms with Crippen molar-refractivity contribution in [3.63, 3.8) is 0 Å². The molecule has 3 atom stereocenters. The van der Waals surface area contributed by atoms with Crippen molar-refractivity contribution in [3.8, 4) is 0 Å². The first-order valence-corrected chi connectivity index (χ1v) is 6.12. The molecule has 0 aliphatic heterocycles. The van der Waals surface area contributed by atoms with Gasteiger partial charge in [0.05, 0.1) is 13.0 Å². The molecule has 0 aromatic carbocycles. The fourth-order valence-electron chi connectivity index (χ4n) is 3.20. The average molecular weight is 236 g/mol. The van der Waals surface area contributed by atoms with Crippen LogP contribution < -0.4 is 0 Å². The minimum absolute atomic E-state index is 0.101. The number of hydrogen-bond acceptors (Lipinski definition) is 2. The highest BCUT2D eigenvalue weighted by molar-refractivity contribution is 5.76. The van der Waals surface area contributed by atoms with Crippen LogP contribution in [0.4, 0.5) is 0 Å². The standard InChI is InChI=1S/C15H24O2/c1-9(2)11-8-12(15(11,5)6)13(10(3)4)14(16)17-7/h11-13H,1,3,8H2,2,4-7H3. The highest BCUT2D eigenvalue weighted by atomic mass is 16.5. The zero-order valence-corrected chi connectivity index (χ0v) is 11.7. The summed E-state index contributed by atoms with van der Waals surface area (Å²) in [6.07, 6.45) is 1.01. The zero-order chi connectivity index (χ0) is 13.4. The Hall–Kier alpha value is -1.05.